The lowest BCUT2D eigenvalue weighted by atomic mass is 9.93. The molecule has 0 unspecified atom stereocenters. The molecule has 0 radical (unpaired) electrons. The molecule has 6 atom stereocenters. The van der Waals surface area contributed by atoms with Crippen LogP contribution in [0, 0.1) is 11.8 Å². The highest BCUT2D eigenvalue weighted by Gasteiger charge is 2.64. The number of allylic oxidation sites excluding steroid dienone is 1. The van der Waals surface area contributed by atoms with E-state index in [4.69, 9.17) is 18.9 Å². The first-order chi connectivity index (χ1) is 12.9. The summed E-state index contributed by atoms with van der Waals surface area (Å²) in [6.07, 6.45) is 5.95. The van der Waals surface area contributed by atoms with Gasteiger partial charge in [0, 0.05) is 32.6 Å². The highest BCUT2D eigenvalue weighted by molar-refractivity contribution is 5.68. The zero-order valence-electron chi connectivity index (χ0n) is 16.1. The van der Waals surface area contributed by atoms with Crippen molar-refractivity contribution in [2.45, 2.75) is 77.3 Å². The highest BCUT2D eigenvalue weighted by atomic mass is 16.6. The van der Waals surface area contributed by atoms with Crippen LogP contribution in [0.15, 0.2) is 11.6 Å². The summed E-state index contributed by atoms with van der Waals surface area (Å²) in [6, 6.07) is 0. The van der Waals surface area contributed by atoms with E-state index in [9.17, 15) is 14.4 Å². The molecule has 150 valence electrons. The van der Waals surface area contributed by atoms with Gasteiger partial charge in [-0.05, 0) is 25.7 Å². The summed E-state index contributed by atoms with van der Waals surface area (Å²) in [7, 11) is 0. The normalized spacial score (nSPS) is 34.9. The van der Waals surface area contributed by atoms with E-state index in [-0.39, 0.29) is 24.5 Å². The van der Waals surface area contributed by atoms with Gasteiger partial charge in [-0.1, -0.05) is 18.1 Å². The number of fused-ring (bicyclic) bond motifs is 1. The molecule has 1 saturated heterocycles. The molecule has 0 bridgehead atoms. The van der Waals surface area contributed by atoms with E-state index in [0.29, 0.717) is 0 Å². The van der Waals surface area contributed by atoms with E-state index in [1.165, 1.54) is 45.6 Å². The average molecular weight is 380 g/mol. The lowest BCUT2D eigenvalue weighted by Gasteiger charge is -2.35. The Balaban J connectivity index is 1.80. The Bertz CT molecular complexity index is 618. The Hall–Kier alpha value is -1.89. The maximum atomic E-state index is 11.7. The summed E-state index contributed by atoms with van der Waals surface area (Å²) in [5.41, 5.74) is 1.42. The summed E-state index contributed by atoms with van der Waals surface area (Å²) < 4.78 is 22.2. The van der Waals surface area contributed by atoms with Gasteiger partial charge in [-0.2, -0.15) is 0 Å². The third kappa shape index (κ3) is 4.89. The van der Waals surface area contributed by atoms with Crippen molar-refractivity contribution < 1.29 is 33.3 Å². The average Bonchev–Trinajstić information content (AvgIpc) is 3.27. The van der Waals surface area contributed by atoms with Crippen LogP contribution in [0.4, 0.5) is 0 Å². The van der Waals surface area contributed by atoms with Gasteiger partial charge in [-0.25, -0.2) is 0 Å². The van der Waals surface area contributed by atoms with Gasteiger partial charge < -0.3 is 18.9 Å². The molecule has 7 heteroatoms. The monoisotopic (exact) mass is 380 g/mol. The third-order valence-electron chi connectivity index (χ3n) is 5.44. The molecule has 0 aromatic rings. The minimum Gasteiger partial charge on any atom is -0.463 e. The van der Waals surface area contributed by atoms with Crippen LogP contribution in [0.1, 0.15) is 52.9 Å². The van der Waals surface area contributed by atoms with Crippen molar-refractivity contribution in [2.24, 2.45) is 11.8 Å². The quantitative estimate of drug-likeness (QED) is 0.411. The molecule has 2 saturated carbocycles. The topological polar surface area (TPSA) is 88.1 Å². The van der Waals surface area contributed by atoms with Crippen LogP contribution in [-0.2, 0) is 33.3 Å². The molecule has 1 aliphatic heterocycles. The molecule has 3 fully saturated rings. The minimum absolute atomic E-state index is 0.0405. The first-order valence-electron chi connectivity index (χ1n) is 9.69. The summed E-state index contributed by atoms with van der Waals surface area (Å²) in [4.78, 5) is 34.5. The van der Waals surface area contributed by atoms with E-state index in [2.05, 4.69) is 6.08 Å². The molecule has 0 N–H and O–H groups in total. The molecular formula is C20H28O7. The fourth-order valence-corrected chi connectivity index (χ4v) is 4.28. The Morgan fingerprint density at radius 1 is 0.963 bits per heavy atom. The van der Waals surface area contributed by atoms with Crippen molar-refractivity contribution in [3.05, 3.63) is 11.6 Å². The van der Waals surface area contributed by atoms with Gasteiger partial charge in [-0.15, -0.1) is 0 Å². The van der Waals surface area contributed by atoms with Gasteiger partial charge in [0.05, 0.1) is 6.10 Å². The van der Waals surface area contributed by atoms with Crippen LogP contribution in [0.2, 0.25) is 0 Å². The van der Waals surface area contributed by atoms with Crippen molar-refractivity contribution >= 4 is 17.9 Å². The van der Waals surface area contributed by atoms with Gasteiger partial charge >= 0.3 is 17.9 Å². The summed E-state index contributed by atoms with van der Waals surface area (Å²) in [5, 5.41) is 0. The zero-order valence-corrected chi connectivity index (χ0v) is 16.1. The van der Waals surface area contributed by atoms with Crippen LogP contribution < -0.4 is 0 Å². The van der Waals surface area contributed by atoms with Crippen molar-refractivity contribution in [2.75, 3.05) is 6.61 Å². The SMILES string of the molecule is CC(=O)OC[C@H]1O[C@@H]2[C@H](C=C3CCCCC3)[C@@H]2[C@@H](OC(C)=O)[C@@H]1OC(C)=O. The van der Waals surface area contributed by atoms with E-state index < -0.39 is 36.2 Å². The largest absolute Gasteiger partial charge is 0.463 e. The van der Waals surface area contributed by atoms with Gasteiger partial charge in [-0.3, -0.25) is 14.4 Å². The van der Waals surface area contributed by atoms with Crippen LogP contribution in [-0.4, -0.2) is 48.9 Å². The Morgan fingerprint density at radius 2 is 1.59 bits per heavy atom. The van der Waals surface area contributed by atoms with E-state index in [1.807, 2.05) is 0 Å². The number of esters is 3. The standard InChI is InChI=1S/C20H28O7/c1-11(21)24-10-16-19(25-12(2)22)20(26-13(3)23)17-15(18(17)27-16)9-14-7-5-4-6-8-14/h9,15-20H,4-8,10H2,1-3H3/t15-,16-,17+,18-,19-,20-/m1/s1. The smallest absolute Gasteiger partial charge is 0.303 e. The van der Waals surface area contributed by atoms with Gasteiger partial charge in [0.1, 0.15) is 18.8 Å². The molecular weight excluding hydrogens is 352 g/mol. The molecule has 0 spiro atoms. The van der Waals surface area contributed by atoms with Crippen molar-refractivity contribution in [3.8, 4) is 0 Å². The van der Waals surface area contributed by atoms with Crippen LogP contribution >= 0.6 is 0 Å². The van der Waals surface area contributed by atoms with Gasteiger partial charge in [0.25, 0.3) is 0 Å². The number of carbonyl (C=O) groups excluding carboxylic acids is 3. The fraction of sp³-hybridized carbons (Fsp3) is 0.750. The summed E-state index contributed by atoms with van der Waals surface area (Å²) in [5.74, 6) is -1.28. The molecule has 1 heterocycles. The first kappa shape index (κ1) is 19.9. The lowest BCUT2D eigenvalue weighted by molar-refractivity contribution is -0.202. The van der Waals surface area contributed by atoms with Crippen LogP contribution in [0.3, 0.4) is 0 Å². The van der Waals surface area contributed by atoms with Gasteiger partial charge in [0.2, 0.25) is 0 Å². The Morgan fingerprint density at radius 3 is 2.19 bits per heavy atom. The van der Waals surface area contributed by atoms with Crippen LogP contribution in [0.25, 0.3) is 0 Å². The molecule has 0 aromatic carbocycles. The Labute approximate surface area is 159 Å². The molecule has 0 aromatic heterocycles. The van der Waals surface area contributed by atoms with E-state index in [1.54, 1.807) is 0 Å². The van der Waals surface area contributed by atoms with Crippen molar-refractivity contribution in [1.29, 1.82) is 0 Å². The molecule has 27 heavy (non-hydrogen) atoms. The maximum Gasteiger partial charge on any atom is 0.303 e. The lowest BCUT2D eigenvalue weighted by Crippen LogP contribution is -2.51. The summed E-state index contributed by atoms with van der Waals surface area (Å²) >= 11 is 0. The van der Waals surface area contributed by atoms with Crippen molar-refractivity contribution in [3.63, 3.8) is 0 Å². The second-order valence-corrected chi connectivity index (χ2v) is 7.63. The van der Waals surface area contributed by atoms with E-state index in [0.717, 1.165) is 12.8 Å². The first-order valence-corrected chi connectivity index (χ1v) is 9.69. The zero-order chi connectivity index (χ0) is 19.6. The van der Waals surface area contributed by atoms with E-state index >= 15 is 0 Å². The number of carbonyl (C=O) groups is 3. The number of ether oxygens (including phenoxy) is 4. The predicted octanol–water partition coefficient (Wildman–Crippen LogP) is 2.32. The van der Waals surface area contributed by atoms with Crippen molar-refractivity contribution in [1.82, 2.24) is 0 Å². The highest BCUT2D eigenvalue weighted by Crippen LogP contribution is 2.53. The molecule has 0 amide bonds. The number of hydrogen-bond acceptors (Lipinski definition) is 7. The third-order valence-corrected chi connectivity index (χ3v) is 5.44. The minimum atomic E-state index is -0.790. The fourth-order valence-electron chi connectivity index (χ4n) is 4.28. The Kier molecular flexibility index (Phi) is 6.19. The molecule has 3 rings (SSSR count). The summed E-state index contributed by atoms with van der Waals surface area (Å²) in [6.45, 7) is 3.91. The number of hydrogen-bond donors (Lipinski definition) is 0. The predicted molar refractivity (Wildman–Crippen MR) is 94.6 cm³/mol. The second-order valence-electron chi connectivity index (χ2n) is 7.63. The maximum absolute atomic E-state index is 11.7. The number of rotatable bonds is 5. The molecule has 2 aliphatic carbocycles. The second kappa shape index (κ2) is 8.42. The molecule has 3 aliphatic rings. The molecule has 7 nitrogen and oxygen atoms in total. The van der Waals surface area contributed by atoms with Crippen LogP contribution in [0.5, 0.6) is 0 Å². The van der Waals surface area contributed by atoms with Gasteiger partial charge in [0.15, 0.2) is 6.10 Å².